The summed E-state index contributed by atoms with van der Waals surface area (Å²) in [4.78, 5) is 12.8. The molecule has 0 aliphatic rings. The van der Waals surface area contributed by atoms with Crippen LogP contribution in [0.2, 0.25) is 0 Å². The molecule has 0 spiro atoms. The smallest absolute Gasteiger partial charge is 0.237 e. The second kappa shape index (κ2) is 5.88. The van der Waals surface area contributed by atoms with Crippen LogP contribution >= 0.6 is 11.3 Å². The monoisotopic (exact) mass is 226 g/mol. The van der Waals surface area contributed by atoms with Crippen LogP contribution in [0.3, 0.4) is 0 Å². The summed E-state index contributed by atoms with van der Waals surface area (Å²) in [5.74, 6) is 0.353. The molecular formula is C11H18N2OS. The van der Waals surface area contributed by atoms with Crippen LogP contribution in [-0.2, 0) is 11.3 Å². The molecule has 15 heavy (non-hydrogen) atoms. The molecule has 0 aromatic carbocycles. The molecule has 84 valence electrons. The maximum atomic E-state index is 11.5. The lowest BCUT2D eigenvalue weighted by Gasteiger charge is -2.20. The van der Waals surface area contributed by atoms with E-state index in [1.807, 2.05) is 25.3 Å². The Bertz CT molecular complexity index is 296. The maximum absolute atomic E-state index is 11.5. The Labute approximate surface area is 94.9 Å². The van der Waals surface area contributed by atoms with E-state index in [2.05, 4.69) is 16.7 Å². The largest absolute Gasteiger partial charge is 0.358 e. The van der Waals surface area contributed by atoms with Crippen LogP contribution in [0.25, 0.3) is 0 Å². The molecule has 0 fully saturated rings. The van der Waals surface area contributed by atoms with Crippen LogP contribution in [0.4, 0.5) is 0 Å². The number of likely N-dealkylation sites (N-methyl/N-ethyl adjacent to an activating group) is 1. The first-order valence-electron chi connectivity index (χ1n) is 5.12. The molecule has 3 nitrogen and oxygen atoms in total. The lowest BCUT2D eigenvalue weighted by molar-refractivity contribution is -0.123. The molecule has 1 rings (SSSR count). The standard InChI is InChI=1S/C11H18N2OS/c1-8(2)10(11(14)12-3)13-7-9-5-4-6-15-9/h4-6,8,10,13H,7H2,1-3H3,(H,12,14). The second-order valence-electron chi connectivity index (χ2n) is 3.80. The van der Waals surface area contributed by atoms with Gasteiger partial charge in [0.15, 0.2) is 0 Å². The fraction of sp³-hybridized carbons (Fsp3) is 0.545. The summed E-state index contributed by atoms with van der Waals surface area (Å²) >= 11 is 1.70. The van der Waals surface area contributed by atoms with Gasteiger partial charge in [0.1, 0.15) is 0 Å². The number of amides is 1. The molecule has 0 aliphatic heterocycles. The molecule has 0 aliphatic carbocycles. The van der Waals surface area contributed by atoms with Gasteiger partial charge in [-0.1, -0.05) is 19.9 Å². The Kier molecular flexibility index (Phi) is 4.78. The zero-order valence-corrected chi connectivity index (χ0v) is 10.2. The van der Waals surface area contributed by atoms with Crippen molar-refractivity contribution in [3.8, 4) is 0 Å². The first-order valence-corrected chi connectivity index (χ1v) is 6.00. The average molecular weight is 226 g/mol. The van der Waals surface area contributed by atoms with Gasteiger partial charge in [-0.15, -0.1) is 11.3 Å². The average Bonchev–Trinajstić information content (AvgIpc) is 2.70. The molecule has 1 aromatic rings. The van der Waals surface area contributed by atoms with Crippen molar-refractivity contribution in [3.63, 3.8) is 0 Å². The van der Waals surface area contributed by atoms with Crippen LogP contribution in [-0.4, -0.2) is 19.0 Å². The van der Waals surface area contributed by atoms with Crippen molar-refractivity contribution in [1.82, 2.24) is 10.6 Å². The van der Waals surface area contributed by atoms with E-state index in [4.69, 9.17) is 0 Å². The molecule has 1 amide bonds. The molecule has 0 bridgehead atoms. The number of carbonyl (C=O) groups excluding carboxylic acids is 1. The third-order valence-corrected chi connectivity index (χ3v) is 3.15. The molecule has 0 saturated heterocycles. The number of hydrogen-bond donors (Lipinski definition) is 2. The summed E-state index contributed by atoms with van der Waals surface area (Å²) in [6.07, 6.45) is 0. The van der Waals surface area contributed by atoms with Crippen LogP contribution in [0.15, 0.2) is 17.5 Å². The van der Waals surface area contributed by atoms with Crippen LogP contribution < -0.4 is 10.6 Å². The number of rotatable bonds is 5. The molecule has 4 heteroatoms. The maximum Gasteiger partial charge on any atom is 0.237 e. The first kappa shape index (κ1) is 12.2. The zero-order chi connectivity index (χ0) is 11.3. The van der Waals surface area contributed by atoms with Crippen molar-refractivity contribution < 1.29 is 4.79 Å². The van der Waals surface area contributed by atoms with Crippen molar-refractivity contribution >= 4 is 17.2 Å². The van der Waals surface area contributed by atoms with E-state index in [0.717, 1.165) is 6.54 Å². The van der Waals surface area contributed by atoms with E-state index in [9.17, 15) is 4.79 Å². The third kappa shape index (κ3) is 3.64. The number of nitrogens with one attached hydrogen (secondary N) is 2. The van der Waals surface area contributed by atoms with Gasteiger partial charge < -0.3 is 10.6 Å². The molecule has 1 aromatic heterocycles. The van der Waals surface area contributed by atoms with E-state index in [1.165, 1.54) is 4.88 Å². The van der Waals surface area contributed by atoms with Gasteiger partial charge in [0.2, 0.25) is 5.91 Å². The van der Waals surface area contributed by atoms with Gasteiger partial charge in [-0.3, -0.25) is 4.79 Å². The molecule has 0 saturated carbocycles. The van der Waals surface area contributed by atoms with Crippen molar-refractivity contribution in [1.29, 1.82) is 0 Å². The summed E-state index contributed by atoms with van der Waals surface area (Å²) in [6, 6.07) is 3.97. The normalized spacial score (nSPS) is 12.8. The lowest BCUT2D eigenvalue weighted by atomic mass is 10.0. The lowest BCUT2D eigenvalue weighted by Crippen LogP contribution is -2.45. The molecule has 1 unspecified atom stereocenters. The van der Waals surface area contributed by atoms with Crippen molar-refractivity contribution in [2.24, 2.45) is 5.92 Å². The van der Waals surface area contributed by atoms with Gasteiger partial charge in [0.25, 0.3) is 0 Å². The molecule has 1 heterocycles. The molecular weight excluding hydrogens is 208 g/mol. The van der Waals surface area contributed by atoms with E-state index >= 15 is 0 Å². The predicted octanol–water partition coefficient (Wildman–Crippen LogP) is 1.61. The topological polar surface area (TPSA) is 41.1 Å². The van der Waals surface area contributed by atoms with Crippen molar-refractivity contribution in [2.45, 2.75) is 26.4 Å². The SMILES string of the molecule is CNC(=O)C(NCc1cccs1)C(C)C. The highest BCUT2D eigenvalue weighted by Gasteiger charge is 2.19. The molecule has 0 radical (unpaired) electrons. The fourth-order valence-electron chi connectivity index (χ4n) is 1.41. The van der Waals surface area contributed by atoms with Gasteiger partial charge in [-0.2, -0.15) is 0 Å². The fourth-order valence-corrected chi connectivity index (χ4v) is 2.07. The van der Waals surface area contributed by atoms with Gasteiger partial charge in [0, 0.05) is 18.5 Å². The summed E-state index contributed by atoms with van der Waals surface area (Å²) in [7, 11) is 1.67. The van der Waals surface area contributed by atoms with E-state index < -0.39 is 0 Å². The van der Waals surface area contributed by atoms with Crippen molar-refractivity contribution in [2.75, 3.05) is 7.05 Å². The van der Waals surface area contributed by atoms with Crippen LogP contribution in [0.5, 0.6) is 0 Å². The Morgan fingerprint density at radius 3 is 2.73 bits per heavy atom. The summed E-state index contributed by atoms with van der Waals surface area (Å²) in [5.41, 5.74) is 0. The highest BCUT2D eigenvalue weighted by molar-refractivity contribution is 7.09. The Morgan fingerprint density at radius 1 is 1.53 bits per heavy atom. The van der Waals surface area contributed by atoms with Gasteiger partial charge in [-0.05, 0) is 17.4 Å². The summed E-state index contributed by atoms with van der Waals surface area (Å²) in [6.45, 7) is 4.84. The quantitative estimate of drug-likeness (QED) is 0.801. The zero-order valence-electron chi connectivity index (χ0n) is 9.41. The minimum Gasteiger partial charge on any atom is -0.358 e. The summed E-state index contributed by atoms with van der Waals surface area (Å²) in [5, 5.41) is 7.99. The van der Waals surface area contributed by atoms with Gasteiger partial charge in [-0.25, -0.2) is 0 Å². The highest BCUT2D eigenvalue weighted by atomic mass is 32.1. The van der Waals surface area contributed by atoms with E-state index in [1.54, 1.807) is 18.4 Å². The minimum absolute atomic E-state index is 0.0570. The number of carbonyl (C=O) groups is 1. The number of thiophene rings is 1. The number of hydrogen-bond acceptors (Lipinski definition) is 3. The van der Waals surface area contributed by atoms with E-state index in [0.29, 0.717) is 5.92 Å². The predicted molar refractivity (Wildman–Crippen MR) is 63.9 cm³/mol. The summed E-state index contributed by atoms with van der Waals surface area (Å²) < 4.78 is 0. The minimum atomic E-state index is -0.114. The Hall–Kier alpha value is -0.870. The Morgan fingerprint density at radius 2 is 2.27 bits per heavy atom. The molecule has 1 atom stereocenters. The third-order valence-electron chi connectivity index (χ3n) is 2.27. The van der Waals surface area contributed by atoms with E-state index in [-0.39, 0.29) is 11.9 Å². The van der Waals surface area contributed by atoms with Crippen LogP contribution in [0.1, 0.15) is 18.7 Å². The van der Waals surface area contributed by atoms with Crippen LogP contribution in [0, 0.1) is 5.92 Å². The van der Waals surface area contributed by atoms with Gasteiger partial charge >= 0.3 is 0 Å². The van der Waals surface area contributed by atoms with Crippen molar-refractivity contribution in [3.05, 3.63) is 22.4 Å². The highest BCUT2D eigenvalue weighted by Crippen LogP contribution is 2.09. The Balaban J connectivity index is 2.49. The van der Waals surface area contributed by atoms with Gasteiger partial charge in [0.05, 0.1) is 6.04 Å². The molecule has 2 N–H and O–H groups in total. The first-order chi connectivity index (χ1) is 7.15. The second-order valence-corrected chi connectivity index (χ2v) is 4.83.